The standard InChI is InChI=1S/C34H35FN2/c1-5-34(4,23-14-6-7-21-31(36)28-18-11-13-20-30(28)35)33(2,3)29-19-12-10-17-27(29)32-26-16-9-8-15-25(26)22-24-37-32/h6-24H,5,36H2,1-4H3/b7-6-,23-14+,31-21-/t34-/m1/s1. The van der Waals surface area contributed by atoms with Gasteiger partial charge in [0, 0.05) is 28.4 Å². The maximum Gasteiger partial charge on any atom is 0.132 e. The summed E-state index contributed by atoms with van der Waals surface area (Å²) in [6.45, 7) is 9.15. The molecule has 4 rings (SSSR count). The van der Waals surface area contributed by atoms with Gasteiger partial charge in [0.25, 0.3) is 0 Å². The van der Waals surface area contributed by atoms with E-state index in [-0.39, 0.29) is 16.6 Å². The molecule has 0 amide bonds. The Kier molecular flexibility index (Phi) is 7.73. The van der Waals surface area contributed by atoms with Crippen LogP contribution in [0.1, 0.15) is 45.2 Å². The van der Waals surface area contributed by atoms with Gasteiger partial charge in [-0.05, 0) is 52.5 Å². The zero-order valence-corrected chi connectivity index (χ0v) is 22.1. The first kappa shape index (κ1) is 26.1. The van der Waals surface area contributed by atoms with Crippen LogP contribution in [-0.4, -0.2) is 4.98 Å². The van der Waals surface area contributed by atoms with Gasteiger partial charge in [-0.15, -0.1) is 0 Å². The molecule has 0 saturated heterocycles. The van der Waals surface area contributed by atoms with E-state index in [1.807, 2.05) is 18.3 Å². The Morgan fingerprint density at radius 3 is 2.35 bits per heavy atom. The fraction of sp³-hybridized carbons (Fsp3) is 0.206. The lowest BCUT2D eigenvalue weighted by Crippen LogP contribution is -2.37. The molecule has 0 radical (unpaired) electrons. The van der Waals surface area contributed by atoms with Crippen molar-refractivity contribution in [3.05, 3.63) is 132 Å². The molecular weight excluding hydrogens is 455 g/mol. The molecule has 0 aliphatic carbocycles. The van der Waals surface area contributed by atoms with Crippen molar-refractivity contribution in [1.82, 2.24) is 4.98 Å². The van der Waals surface area contributed by atoms with E-state index >= 15 is 0 Å². The summed E-state index contributed by atoms with van der Waals surface area (Å²) in [4.78, 5) is 4.82. The molecule has 3 aromatic carbocycles. The smallest absolute Gasteiger partial charge is 0.132 e. The van der Waals surface area contributed by atoms with E-state index in [2.05, 4.69) is 94.4 Å². The second-order valence-corrected chi connectivity index (χ2v) is 10.2. The molecule has 0 unspecified atom stereocenters. The highest BCUT2D eigenvalue weighted by molar-refractivity contribution is 5.95. The van der Waals surface area contributed by atoms with Crippen LogP contribution in [0, 0.1) is 11.2 Å². The number of hydrogen-bond donors (Lipinski definition) is 1. The Balaban J connectivity index is 1.66. The largest absolute Gasteiger partial charge is 0.398 e. The summed E-state index contributed by atoms with van der Waals surface area (Å²) in [7, 11) is 0. The van der Waals surface area contributed by atoms with Crippen LogP contribution in [0.3, 0.4) is 0 Å². The van der Waals surface area contributed by atoms with Crippen LogP contribution in [0.25, 0.3) is 27.7 Å². The Hall–Kier alpha value is -3.98. The van der Waals surface area contributed by atoms with Crippen molar-refractivity contribution in [1.29, 1.82) is 0 Å². The molecule has 1 atom stereocenters. The monoisotopic (exact) mass is 490 g/mol. The zero-order chi connectivity index (χ0) is 26.5. The number of fused-ring (bicyclic) bond motifs is 1. The number of rotatable bonds is 8. The lowest BCUT2D eigenvalue weighted by Gasteiger charge is -2.43. The molecule has 2 N–H and O–H groups in total. The fourth-order valence-electron chi connectivity index (χ4n) is 4.92. The summed E-state index contributed by atoms with van der Waals surface area (Å²) in [5.41, 5.74) is 10.0. The summed E-state index contributed by atoms with van der Waals surface area (Å²) in [5, 5.41) is 2.34. The van der Waals surface area contributed by atoms with Crippen molar-refractivity contribution in [2.75, 3.05) is 0 Å². The molecule has 2 nitrogen and oxygen atoms in total. The van der Waals surface area contributed by atoms with E-state index in [1.54, 1.807) is 24.3 Å². The third-order valence-electron chi connectivity index (χ3n) is 7.84. The number of halogens is 1. The zero-order valence-electron chi connectivity index (χ0n) is 22.1. The molecule has 4 aromatic rings. The van der Waals surface area contributed by atoms with Crippen LogP contribution in [0.5, 0.6) is 0 Å². The Bertz CT molecular complexity index is 1470. The Morgan fingerprint density at radius 2 is 1.57 bits per heavy atom. The first-order valence-corrected chi connectivity index (χ1v) is 12.8. The van der Waals surface area contributed by atoms with Crippen LogP contribution in [0.4, 0.5) is 4.39 Å². The molecule has 0 saturated carbocycles. The minimum absolute atomic E-state index is 0.140. The van der Waals surface area contributed by atoms with Crippen LogP contribution < -0.4 is 5.73 Å². The molecule has 1 aromatic heterocycles. The van der Waals surface area contributed by atoms with E-state index in [9.17, 15) is 4.39 Å². The van der Waals surface area contributed by atoms with Gasteiger partial charge in [0.1, 0.15) is 5.82 Å². The van der Waals surface area contributed by atoms with Gasteiger partial charge >= 0.3 is 0 Å². The van der Waals surface area contributed by atoms with Gasteiger partial charge < -0.3 is 5.73 Å². The van der Waals surface area contributed by atoms with Crippen LogP contribution >= 0.6 is 0 Å². The second-order valence-electron chi connectivity index (χ2n) is 10.2. The fourth-order valence-corrected chi connectivity index (χ4v) is 4.92. The second kappa shape index (κ2) is 11.0. The van der Waals surface area contributed by atoms with E-state index in [4.69, 9.17) is 10.7 Å². The third kappa shape index (κ3) is 5.27. The number of pyridine rings is 1. The molecule has 3 heteroatoms. The molecule has 0 aliphatic rings. The van der Waals surface area contributed by atoms with Crippen molar-refractivity contribution in [3.8, 4) is 11.3 Å². The maximum atomic E-state index is 14.0. The van der Waals surface area contributed by atoms with Gasteiger partial charge in [0.2, 0.25) is 0 Å². The van der Waals surface area contributed by atoms with Gasteiger partial charge in [-0.25, -0.2) is 4.39 Å². The summed E-state index contributed by atoms with van der Waals surface area (Å²) >= 11 is 0. The van der Waals surface area contributed by atoms with Gasteiger partial charge in [-0.2, -0.15) is 0 Å². The normalized spacial score (nSPS) is 14.5. The van der Waals surface area contributed by atoms with E-state index < -0.39 is 0 Å². The van der Waals surface area contributed by atoms with E-state index in [0.717, 1.165) is 23.1 Å². The molecule has 0 bridgehead atoms. The average Bonchev–Trinajstić information content (AvgIpc) is 2.92. The number of allylic oxidation sites excluding steroid dienone is 5. The van der Waals surface area contributed by atoms with E-state index in [0.29, 0.717) is 11.3 Å². The summed E-state index contributed by atoms with van der Waals surface area (Å²) in [6.07, 6.45) is 12.7. The third-order valence-corrected chi connectivity index (χ3v) is 7.84. The minimum Gasteiger partial charge on any atom is -0.398 e. The van der Waals surface area contributed by atoms with Crippen molar-refractivity contribution >= 4 is 16.5 Å². The van der Waals surface area contributed by atoms with Gasteiger partial charge in [0.05, 0.1) is 5.69 Å². The van der Waals surface area contributed by atoms with Crippen LogP contribution in [-0.2, 0) is 5.41 Å². The Labute approximate surface area is 220 Å². The summed E-state index contributed by atoms with van der Waals surface area (Å²) in [5.74, 6) is -0.320. The number of aromatic nitrogens is 1. The average molecular weight is 491 g/mol. The minimum atomic E-state index is -0.320. The summed E-state index contributed by atoms with van der Waals surface area (Å²) in [6, 6.07) is 25.6. The lowest BCUT2D eigenvalue weighted by atomic mass is 9.60. The van der Waals surface area contributed by atoms with Gasteiger partial charge in [-0.3, -0.25) is 4.98 Å². The van der Waals surface area contributed by atoms with Crippen LogP contribution in [0.2, 0.25) is 0 Å². The Morgan fingerprint density at radius 1 is 0.865 bits per heavy atom. The van der Waals surface area contributed by atoms with Crippen molar-refractivity contribution < 1.29 is 4.39 Å². The highest BCUT2D eigenvalue weighted by Crippen LogP contribution is 2.48. The summed E-state index contributed by atoms with van der Waals surface area (Å²) < 4.78 is 14.0. The van der Waals surface area contributed by atoms with Gasteiger partial charge in [0.15, 0.2) is 0 Å². The lowest BCUT2D eigenvalue weighted by molar-refractivity contribution is 0.231. The number of nitrogens with two attached hydrogens (primary N) is 1. The molecule has 37 heavy (non-hydrogen) atoms. The molecular formula is C34H35FN2. The SMILES string of the molecule is CC[C@](C)(/C=C/C=C\C=C(/N)c1ccccc1F)C(C)(C)c1ccccc1-c1nccc2ccccc12. The molecule has 0 spiro atoms. The first-order chi connectivity index (χ1) is 17.8. The molecule has 1 heterocycles. The number of hydrogen-bond acceptors (Lipinski definition) is 2. The van der Waals surface area contributed by atoms with Crippen molar-refractivity contribution in [2.45, 2.75) is 39.5 Å². The first-order valence-electron chi connectivity index (χ1n) is 12.8. The quantitative estimate of drug-likeness (QED) is 0.251. The number of nitrogens with zero attached hydrogens (tertiary/aromatic N) is 1. The van der Waals surface area contributed by atoms with Gasteiger partial charge in [-0.1, -0.05) is 113 Å². The highest BCUT2D eigenvalue weighted by Gasteiger charge is 2.40. The molecule has 0 fully saturated rings. The topological polar surface area (TPSA) is 38.9 Å². The predicted octanol–water partition coefficient (Wildman–Crippen LogP) is 8.85. The molecule has 0 aliphatic heterocycles. The van der Waals surface area contributed by atoms with Crippen LogP contribution in [0.15, 0.2) is 115 Å². The predicted molar refractivity (Wildman–Crippen MR) is 155 cm³/mol. The maximum absolute atomic E-state index is 14.0. The molecule has 188 valence electrons. The van der Waals surface area contributed by atoms with E-state index in [1.165, 1.54) is 17.0 Å². The highest BCUT2D eigenvalue weighted by atomic mass is 19.1. The number of benzene rings is 3. The van der Waals surface area contributed by atoms with Crippen molar-refractivity contribution in [3.63, 3.8) is 0 Å². The van der Waals surface area contributed by atoms with Crippen molar-refractivity contribution in [2.24, 2.45) is 11.1 Å².